The van der Waals surface area contributed by atoms with Gasteiger partial charge in [0, 0.05) is 23.1 Å². The van der Waals surface area contributed by atoms with Crippen molar-refractivity contribution in [3.05, 3.63) is 71.5 Å². The number of halogens is 2. The fourth-order valence-corrected chi connectivity index (χ4v) is 3.99. The van der Waals surface area contributed by atoms with Crippen LogP contribution in [0.4, 0.5) is 15.8 Å². The quantitative estimate of drug-likeness (QED) is 0.632. The topological polar surface area (TPSA) is 61.8 Å². The molecular formula is C20H17BrFN3O2S. The van der Waals surface area contributed by atoms with Crippen molar-refractivity contribution in [2.24, 2.45) is 4.99 Å². The number of nitrogens with one attached hydrogen (secondary N) is 1. The van der Waals surface area contributed by atoms with E-state index in [1.54, 1.807) is 18.2 Å². The first kappa shape index (κ1) is 20.3. The van der Waals surface area contributed by atoms with Gasteiger partial charge in [0.15, 0.2) is 5.17 Å². The second-order valence-electron chi connectivity index (χ2n) is 5.97. The SMILES string of the molecule is C=CCN1C(=O)[C@H](CC(=O)Nc2ccc(Br)cc2)SC1=Nc1ccc(F)cc1. The number of benzene rings is 2. The summed E-state index contributed by atoms with van der Waals surface area (Å²) in [4.78, 5) is 31.0. The highest BCUT2D eigenvalue weighted by molar-refractivity contribution is 9.10. The van der Waals surface area contributed by atoms with Crippen LogP contribution in [0, 0.1) is 5.82 Å². The van der Waals surface area contributed by atoms with Gasteiger partial charge in [-0.1, -0.05) is 33.8 Å². The fraction of sp³-hybridized carbons (Fsp3) is 0.150. The minimum Gasteiger partial charge on any atom is -0.326 e. The van der Waals surface area contributed by atoms with Gasteiger partial charge in [-0.15, -0.1) is 6.58 Å². The maximum absolute atomic E-state index is 13.1. The first-order chi connectivity index (χ1) is 13.5. The zero-order chi connectivity index (χ0) is 20.1. The number of hydrogen-bond acceptors (Lipinski definition) is 4. The van der Waals surface area contributed by atoms with Crippen LogP contribution in [0.5, 0.6) is 0 Å². The molecule has 8 heteroatoms. The Hall–Kier alpha value is -2.45. The molecule has 0 unspecified atom stereocenters. The lowest BCUT2D eigenvalue weighted by atomic mass is 10.2. The molecule has 1 N–H and O–H groups in total. The lowest BCUT2D eigenvalue weighted by molar-refractivity contribution is -0.127. The summed E-state index contributed by atoms with van der Waals surface area (Å²) in [7, 11) is 0. The number of nitrogens with zero attached hydrogens (tertiary/aromatic N) is 2. The van der Waals surface area contributed by atoms with Crippen molar-refractivity contribution in [3.63, 3.8) is 0 Å². The zero-order valence-electron chi connectivity index (χ0n) is 14.8. The number of hydrogen-bond donors (Lipinski definition) is 1. The average Bonchev–Trinajstić information content (AvgIpc) is 2.94. The van der Waals surface area contributed by atoms with E-state index in [0.29, 0.717) is 16.5 Å². The Balaban J connectivity index is 1.72. The third-order valence-electron chi connectivity index (χ3n) is 3.88. The van der Waals surface area contributed by atoms with Crippen molar-refractivity contribution in [3.8, 4) is 0 Å². The molecule has 1 saturated heterocycles. The van der Waals surface area contributed by atoms with E-state index >= 15 is 0 Å². The summed E-state index contributed by atoms with van der Waals surface area (Å²) in [6.45, 7) is 3.96. The van der Waals surface area contributed by atoms with Crippen LogP contribution in [0.2, 0.25) is 0 Å². The van der Waals surface area contributed by atoms with Gasteiger partial charge in [-0.3, -0.25) is 14.5 Å². The Labute approximate surface area is 174 Å². The number of amides is 2. The van der Waals surface area contributed by atoms with E-state index in [1.807, 2.05) is 12.1 Å². The van der Waals surface area contributed by atoms with Crippen molar-refractivity contribution < 1.29 is 14.0 Å². The van der Waals surface area contributed by atoms with Gasteiger partial charge in [-0.2, -0.15) is 0 Å². The Kier molecular flexibility index (Phi) is 6.64. The number of rotatable bonds is 6. The van der Waals surface area contributed by atoms with Crippen molar-refractivity contribution in [2.75, 3.05) is 11.9 Å². The number of carbonyl (C=O) groups is 2. The van der Waals surface area contributed by atoms with E-state index in [1.165, 1.54) is 40.9 Å². The van der Waals surface area contributed by atoms with Gasteiger partial charge < -0.3 is 5.32 Å². The summed E-state index contributed by atoms with van der Waals surface area (Å²) >= 11 is 4.56. The average molecular weight is 462 g/mol. The minimum atomic E-state index is -0.574. The number of anilines is 1. The van der Waals surface area contributed by atoms with E-state index in [9.17, 15) is 14.0 Å². The predicted octanol–water partition coefficient (Wildman–Crippen LogP) is 4.73. The van der Waals surface area contributed by atoms with E-state index in [4.69, 9.17) is 0 Å². The van der Waals surface area contributed by atoms with Crippen LogP contribution < -0.4 is 5.32 Å². The fourth-order valence-electron chi connectivity index (χ4n) is 2.56. The normalized spacial score (nSPS) is 17.8. The summed E-state index contributed by atoms with van der Waals surface area (Å²) in [5, 5.41) is 2.68. The maximum atomic E-state index is 13.1. The van der Waals surface area contributed by atoms with E-state index in [-0.39, 0.29) is 30.6 Å². The second-order valence-corrected chi connectivity index (χ2v) is 8.06. The summed E-state index contributed by atoms with van der Waals surface area (Å²) in [6, 6.07) is 12.9. The van der Waals surface area contributed by atoms with Crippen LogP contribution in [0.1, 0.15) is 6.42 Å². The molecule has 144 valence electrons. The van der Waals surface area contributed by atoms with Gasteiger partial charge in [-0.25, -0.2) is 9.38 Å². The molecule has 1 atom stereocenters. The number of amidine groups is 1. The third kappa shape index (κ3) is 5.08. The standard InChI is InChI=1S/C20H17BrFN3O2S/c1-2-11-25-19(27)17(12-18(26)23-15-7-3-13(21)4-8-15)28-20(25)24-16-9-5-14(22)6-10-16/h2-10,17H,1,11-12H2,(H,23,26)/t17-/m0/s1. The van der Waals surface area contributed by atoms with Crippen molar-refractivity contribution in [2.45, 2.75) is 11.7 Å². The van der Waals surface area contributed by atoms with Crippen LogP contribution in [-0.2, 0) is 9.59 Å². The summed E-state index contributed by atoms with van der Waals surface area (Å²) in [5.74, 6) is -0.809. The third-order valence-corrected chi connectivity index (χ3v) is 5.59. The number of carbonyl (C=O) groups excluding carboxylic acids is 2. The predicted molar refractivity (Wildman–Crippen MR) is 114 cm³/mol. The van der Waals surface area contributed by atoms with Crippen LogP contribution in [-0.4, -0.2) is 33.7 Å². The Morgan fingerprint density at radius 3 is 2.57 bits per heavy atom. The van der Waals surface area contributed by atoms with Gasteiger partial charge in [0.1, 0.15) is 11.1 Å². The van der Waals surface area contributed by atoms with Gasteiger partial charge in [0.25, 0.3) is 0 Å². The molecule has 0 radical (unpaired) electrons. The van der Waals surface area contributed by atoms with Crippen LogP contribution in [0.3, 0.4) is 0 Å². The van der Waals surface area contributed by atoms with Gasteiger partial charge in [-0.05, 0) is 48.5 Å². The van der Waals surface area contributed by atoms with Gasteiger partial charge in [0.2, 0.25) is 11.8 Å². The zero-order valence-corrected chi connectivity index (χ0v) is 17.2. The number of aliphatic imine (C=N–C) groups is 1. The highest BCUT2D eigenvalue weighted by atomic mass is 79.9. The van der Waals surface area contributed by atoms with E-state index in [0.717, 1.165) is 4.47 Å². The molecule has 0 saturated carbocycles. The molecule has 1 aliphatic heterocycles. The maximum Gasteiger partial charge on any atom is 0.242 e. The first-order valence-electron chi connectivity index (χ1n) is 8.45. The molecule has 1 fully saturated rings. The molecule has 2 amide bonds. The van der Waals surface area contributed by atoms with Crippen molar-refractivity contribution in [1.29, 1.82) is 0 Å². The van der Waals surface area contributed by atoms with Gasteiger partial charge in [0.05, 0.1) is 5.69 Å². The van der Waals surface area contributed by atoms with Crippen LogP contribution in [0.25, 0.3) is 0 Å². The first-order valence-corrected chi connectivity index (χ1v) is 10.1. The monoisotopic (exact) mass is 461 g/mol. The summed E-state index contributed by atoms with van der Waals surface area (Å²) in [6.07, 6.45) is 1.62. The molecule has 0 aliphatic carbocycles. The second kappa shape index (κ2) is 9.16. The molecule has 0 bridgehead atoms. The van der Waals surface area contributed by atoms with E-state index in [2.05, 4.69) is 32.8 Å². The molecule has 5 nitrogen and oxygen atoms in total. The largest absolute Gasteiger partial charge is 0.326 e. The minimum absolute atomic E-state index is 0.0235. The molecule has 2 aromatic rings. The lowest BCUT2D eigenvalue weighted by Crippen LogP contribution is -2.33. The molecule has 0 spiro atoms. The Bertz CT molecular complexity index is 916. The van der Waals surface area contributed by atoms with Crippen LogP contribution >= 0.6 is 27.7 Å². The summed E-state index contributed by atoms with van der Waals surface area (Å²) in [5.41, 5.74) is 1.19. The number of thioether (sulfide) groups is 1. The lowest BCUT2D eigenvalue weighted by Gasteiger charge is -2.13. The smallest absolute Gasteiger partial charge is 0.242 e. The molecule has 2 aromatic carbocycles. The van der Waals surface area contributed by atoms with E-state index < -0.39 is 5.25 Å². The summed E-state index contributed by atoms with van der Waals surface area (Å²) < 4.78 is 14.0. The highest BCUT2D eigenvalue weighted by Crippen LogP contribution is 2.32. The van der Waals surface area contributed by atoms with Crippen molar-refractivity contribution >= 4 is 56.0 Å². The molecule has 28 heavy (non-hydrogen) atoms. The Morgan fingerprint density at radius 2 is 1.93 bits per heavy atom. The highest BCUT2D eigenvalue weighted by Gasteiger charge is 2.38. The molecule has 3 rings (SSSR count). The van der Waals surface area contributed by atoms with Crippen molar-refractivity contribution in [1.82, 2.24) is 4.90 Å². The molecular weight excluding hydrogens is 445 g/mol. The molecule has 1 aliphatic rings. The molecule has 1 heterocycles. The molecule has 0 aromatic heterocycles. The Morgan fingerprint density at radius 1 is 1.25 bits per heavy atom. The van der Waals surface area contributed by atoms with Crippen LogP contribution in [0.15, 0.2) is 70.7 Å². The van der Waals surface area contributed by atoms with Gasteiger partial charge >= 0.3 is 0 Å².